The van der Waals surface area contributed by atoms with E-state index in [0.29, 0.717) is 25.7 Å². The molecule has 0 radical (unpaired) electrons. The topological polar surface area (TPSA) is 237 Å². The van der Waals surface area contributed by atoms with Gasteiger partial charge in [0.1, 0.15) is 19.3 Å². The lowest BCUT2D eigenvalue weighted by Crippen LogP contribution is -2.30. The van der Waals surface area contributed by atoms with Crippen LogP contribution in [0.15, 0.2) is 0 Å². The van der Waals surface area contributed by atoms with E-state index in [2.05, 4.69) is 34.6 Å². The van der Waals surface area contributed by atoms with Gasteiger partial charge in [0.05, 0.1) is 26.4 Å². The van der Waals surface area contributed by atoms with Crippen LogP contribution in [-0.4, -0.2) is 96.7 Å². The SMILES string of the molecule is CCCCCCCCCCCCCCCCCCCCC(=O)O[C@H](COC(=O)CCCCCCCCCCCCCCCC)COP(=O)(O)OC[C@@H](O)COP(=O)(O)OC[C@@H](COC(=O)CCCCCCCCCCC(C)CC)OC(=O)CCCCCCCCCCCCCCC. The first-order valence-electron chi connectivity index (χ1n) is 40.7. The molecule has 0 heterocycles. The molecule has 0 spiro atoms. The molecular formula is C78H152O17P2. The molecule has 17 nitrogen and oxygen atoms in total. The van der Waals surface area contributed by atoms with Gasteiger partial charge in [-0.25, -0.2) is 9.13 Å². The number of rotatable bonds is 78. The fourth-order valence-corrected chi connectivity index (χ4v) is 13.6. The van der Waals surface area contributed by atoms with Gasteiger partial charge >= 0.3 is 39.5 Å². The van der Waals surface area contributed by atoms with E-state index in [9.17, 15) is 43.2 Å². The molecule has 6 atom stereocenters. The van der Waals surface area contributed by atoms with Gasteiger partial charge in [0.25, 0.3) is 0 Å². The van der Waals surface area contributed by atoms with Crippen molar-refractivity contribution in [3.05, 3.63) is 0 Å². The van der Waals surface area contributed by atoms with Gasteiger partial charge in [-0.3, -0.25) is 37.3 Å². The van der Waals surface area contributed by atoms with E-state index in [-0.39, 0.29) is 25.7 Å². The zero-order chi connectivity index (χ0) is 71.2. The van der Waals surface area contributed by atoms with Crippen LogP contribution in [0.1, 0.15) is 413 Å². The van der Waals surface area contributed by atoms with E-state index < -0.39 is 97.5 Å². The van der Waals surface area contributed by atoms with Gasteiger partial charge in [0.2, 0.25) is 0 Å². The standard InChI is InChI=1S/C78H152O17P2/c1-6-10-13-16-19-22-25-28-30-31-32-33-36-39-42-49-54-59-64-78(83)94-73(67-88-75(80)61-56-51-46-40-37-35-29-26-23-20-17-14-11-7-2)69-92-96(84,85)90-65-72(79)66-91-97(86,87)93-70-74(68-89-76(81)62-57-52-47-44-43-45-50-55-60-71(5)9-4)95-77(82)63-58-53-48-41-38-34-27-24-21-18-15-12-8-3/h71-74,79H,6-70H2,1-5H3,(H,84,85)(H,86,87)/t71?,72-,73-,74-/m1/s1. The second-order valence-corrected chi connectivity index (χ2v) is 31.3. The van der Waals surface area contributed by atoms with E-state index in [4.69, 9.17) is 37.0 Å². The van der Waals surface area contributed by atoms with Crippen LogP contribution in [0.3, 0.4) is 0 Å². The van der Waals surface area contributed by atoms with E-state index in [1.54, 1.807) is 0 Å². The predicted molar refractivity (Wildman–Crippen MR) is 395 cm³/mol. The van der Waals surface area contributed by atoms with E-state index in [0.717, 1.165) is 95.8 Å². The summed E-state index contributed by atoms with van der Waals surface area (Å²) in [5, 5.41) is 10.6. The van der Waals surface area contributed by atoms with Crippen LogP contribution in [0.2, 0.25) is 0 Å². The Hall–Kier alpha value is -1.94. The number of aliphatic hydroxyl groups is 1. The van der Waals surface area contributed by atoms with Crippen LogP contribution in [0.4, 0.5) is 0 Å². The van der Waals surface area contributed by atoms with Crippen LogP contribution >= 0.6 is 15.6 Å². The molecule has 19 heteroatoms. The average molecular weight is 1420 g/mol. The third-order valence-corrected chi connectivity index (χ3v) is 20.5. The minimum Gasteiger partial charge on any atom is -0.462 e. The van der Waals surface area contributed by atoms with Crippen molar-refractivity contribution in [3.63, 3.8) is 0 Å². The maximum Gasteiger partial charge on any atom is 0.472 e. The van der Waals surface area contributed by atoms with Gasteiger partial charge in [-0.2, -0.15) is 0 Å². The number of phosphoric ester groups is 2. The number of carbonyl (C=O) groups is 4. The molecule has 0 amide bonds. The molecule has 97 heavy (non-hydrogen) atoms. The van der Waals surface area contributed by atoms with Gasteiger partial charge in [-0.1, -0.05) is 362 Å². The Morgan fingerprint density at radius 2 is 0.495 bits per heavy atom. The minimum absolute atomic E-state index is 0.108. The van der Waals surface area contributed by atoms with Gasteiger partial charge < -0.3 is 33.8 Å². The van der Waals surface area contributed by atoms with E-state index >= 15 is 0 Å². The fraction of sp³-hybridized carbons (Fsp3) is 0.949. The third-order valence-electron chi connectivity index (χ3n) is 18.6. The summed E-state index contributed by atoms with van der Waals surface area (Å²) in [5.74, 6) is -1.33. The van der Waals surface area contributed by atoms with E-state index in [1.807, 2.05) is 0 Å². The quantitative estimate of drug-likeness (QED) is 0.0222. The van der Waals surface area contributed by atoms with Crippen molar-refractivity contribution >= 4 is 39.5 Å². The average Bonchev–Trinajstić information content (AvgIpc) is 1.29. The highest BCUT2D eigenvalue weighted by Crippen LogP contribution is 2.45. The van der Waals surface area contributed by atoms with Crippen molar-refractivity contribution in [2.75, 3.05) is 39.6 Å². The molecule has 576 valence electrons. The lowest BCUT2D eigenvalue weighted by Gasteiger charge is -2.21. The molecule has 0 bridgehead atoms. The van der Waals surface area contributed by atoms with E-state index in [1.165, 1.54) is 238 Å². The molecule has 0 aromatic carbocycles. The first-order chi connectivity index (χ1) is 47.1. The Morgan fingerprint density at radius 3 is 0.732 bits per heavy atom. The summed E-state index contributed by atoms with van der Waals surface area (Å²) >= 11 is 0. The summed E-state index contributed by atoms with van der Waals surface area (Å²) in [7, 11) is -9.91. The predicted octanol–water partition coefficient (Wildman–Crippen LogP) is 23.3. The normalized spacial score (nSPS) is 14.2. The maximum atomic E-state index is 13.1. The highest BCUT2D eigenvalue weighted by Gasteiger charge is 2.30. The second-order valence-electron chi connectivity index (χ2n) is 28.3. The smallest absolute Gasteiger partial charge is 0.462 e. The third kappa shape index (κ3) is 70.9. The molecule has 3 N–H and O–H groups in total. The number of hydrogen-bond donors (Lipinski definition) is 3. The Kier molecular flexibility index (Phi) is 69.6. The molecule has 0 rings (SSSR count). The minimum atomic E-state index is -4.96. The highest BCUT2D eigenvalue weighted by molar-refractivity contribution is 7.47. The summed E-state index contributed by atoms with van der Waals surface area (Å²) in [6.45, 7) is 7.32. The number of unbranched alkanes of at least 4 members (excludes halogenated alkanes) is 49. The number of carbonyl (C=O) groups excluding carboxylic acids is 4. The lowest BCUT2D eigenvalue weighted by molar-refractivity contribution is -0.161. The van der Waals surface area contributed by atoms with Crippen molar-refractivity contribution < 1.29 is 80.2 Å². The highest BCUT2D eigenvalue weighted by atomic mass is 31.2. The molecule has 0 aliphatic carbocycles. The molecule has 0 aromatic rings. The largest absolute Gasteiger partial charge is 0.472 e. The summed E-state index contributed by atoms with van der Waals surface area (Å²) in [5.41, 5.74) is 0. The Morgan fingerprint density at radius 1 is 0.289 bits per heavy atom. The molecule has 0 aliphatic heterocycles. The molecule has 0 saturated heterocycles. The van der Waals surface area contributed by atoms with Crippen molar-refractivity contribution in [2.24, 2.45) is 5.92 Å². The first-order valence-corrected chi connectivity index (χ1v) is 43.7. The molecule has 3 unspecified atom stereocenters. The maximum absolute atomic E-state index is 13.1. The van der Waals surface area contributed by atoms with Crippen LogP contribution in [0.25, 0.3) is 0 Å². The number of ether oxygens (including phenoxy) is 4. The van der Waals surface area contributed by atoms with Crippen molar-refractivity contribution in [3.8, 4) is 0 Å². The van der Waals surface area contributed by atoms with Crippen molar-refractivity contribution in [1.29, 1.82) is 0 Å². The zero-order valence-corrected chi connectivity index (χ0v) is 65.0. The Bertz CT molecular complexity index is 1860. The second kappa shape index (κ2) is 71.1. The molecule has 0 aliphatic rings. The molecule has 0 fully saturated rings. The summed E-state index contributed by atoms with van der Waals surface area (Å²) in [6, 6.07) is 0. The molecule has 0 saturated carbocycles. The van der Waals surface area contributed by atoms with Gasteiger partial charge in [0, 0.05) is 25.7 Å². The van der Waals surface area contributed by atoms with Gasteiger partial charge in [-0.15, -0.1) is 0 Å². The number of phosphoric acid groups is 2. The molecular weight excluding hydrogens is 1270 g/mol. The number of aliphatic hydroxyl groups excluding tert-OH is 1. The van der Waals surface area contributed by atoms with Crippen LogP contribution in [-0.2, 0) is 65.4 Å². The monoisotopic (exact) mass is 1420 g/mol. The number of hydrogen-bond acceptors (Lipinski definition) is 15. The zero-order valence-electron chi connectivity index (χ0n) is 63.2. The van der Waals surface area contributed by atoms with Crippen LogP contribution < -0.4 is 0 Å². The summed E-state index contributed by atoms with van der Waals surface area (Å²) < 4.78 is 68.6. The lowest BCUT2D eigenvalue weighted by atomic mass is 9.99. The number of esters is 4. The van der Waals surface area contributed by atoms with Crippen LogP contribution in [0.5, 0.6) is 0 Å². The first kappa shape index (κ1) is 95.1. The van der Waals surface area contributed by atoms with Crippen molar-refractivity contribution in [2.45, 2.75) is 432 Å². The van der Waals surface area contributed by atoms with Gasteiger partial charge in [-0.05, 0) is 31.6 Å². The Labute approximate surface area is 594 Å². The fourth-order valence-electron chi connectivity index (χ4n) is 12.0. The summed E-state index contributed by atoms with van der Waals surface area (Å²) in [4.78, 5) is 72.9. The Balaban J connectivity index is 5.25. The van der Waals surface area contributed by atoms with Gasteiger partial charge in [0.15, 0.2) is 12.2 Å². The molecule has 0 aromatic heterocycles. The van der Waals surface area contributed by atoms with Crippen molar-refractivity contribution in [1.82, 2.24) is 0 Å². The summed E-state index contributed by atoms with van der Waals surface area (Å²) in [6.07, 6.45) is 60.8. The van der Waals surface area contributed by atoms with Crippen LogP contribution in [0, 0.1) is 5.92 Å².